The Hall–Kier alpha value is -2.58. The Kier molecular flexibility index (Phi) is 7.58. The molecule has 0 aliphatic carbocycles. The van der Waals surface area contributed by atoms with Crippen molar-refractivity contribution < 1.29 is 4.39 Å². The lowest BCUT2D eigenvalue weighted by atomic mass is 9.94. The largest absolute Gasteiger partial charge is 0.360 e. The maximum absolute atomic E-state index is 13.9. The minimum atomic E-state index is -0.165. The third kappa shape index (κ3) is 5.64. The van der Waals surface area contributed by atoms with Gasteiger partial charge in [0.15, 0.2) is 0 Å². The van der Waals surface area contributed by atoms with Gasteiger partial charge in [-0.05, 0) is 76.0 Å². The number of aliphatic imine (C=N–C) groups is 2. The van der Waals surface area contributed by atoms with E-state index >= 15 is 0 Å². The molecule has 0 radical (unpaired) electrons. The van der Waals surface area contributed by atoms with Crippen LogP contribution in [0.3, 0.4) is 0 Å². The zero-order valence-corrected chi connectivity index (χ0v) is 21.1. The molecule has 1 unspecified atom stereocenters. The van der Waals surface area contributed by atoms with Crippen LogP contribution in [0, 0.1) is 18.7 Å². The number of halogens is 1. The van der Waals surface area contributed by atoms with Crippen molar-refractivity contribution in [1.82, 2.24) is 24.7 Å². The highest BCUT2D eigenvalue weighted by atomic mass is 19.1. The second-order valence-electron chi connectivity index (χ2n) is 10.2. The fourth-order valence-corrected chi connectivity index (χ4v) is 5.35. The molecule has 2 fully saturated rings. The van der Waals surface area contributed by atoms with Gasteiger partial charge in [0.1, 0.15) is 23.8 Å². The van der Waals surface area contributed by atoms with Gasteiger partial charge in [-0.25, -0.2) is 14.4 Å². The fraction of sp³-hybridized carbons (Fsp3) is 0.593. The van der Waals surface area contributed by atoms with Gasteiger partial charge in [-0.1, -0.05) is 6.92 Å². The monoisotopic (exact) mass is 479 g/mol. The SMILES string of the molecule is Cc1cc(-c2cn(CCN3CCC3)c(C3CCN(C4=NC=NCNCCC4C)CC3)n2)ccc1F. The first-order chi connectivity index (χ1) is 17.1. The van der Waals surface area contributed by atoms with Gasteiger partial charge in [-0.15, -0.1) is 0 Å². The van der Waals surface area contributed by atoms with Crippen molar-refractivity contribution in [2.75, 3.05) is 45.9 Å². The lowest BCUT2D eigenvalue weighted by molar-refractivity contribution is 0.173. The maximum atomic E-state index is 13.9. The van der Waals surface area contributed by atoms with Crippen molar-refractivity contribution in [3.8, 4) is 11.3 Å². The molecule has 5 rings (SSSR count). The number of nitrogens with zero attached hydrogens (tertiary/aromatic N) is 6. The number of hydrogen-bond donors (Lipinski definition) is 1. The maximum Gasteiger partial charge on any atom is 0.126 e. The number of imidazole rings is 1. The Morgan fingerprint density at radius 2 is 1.91 bits per heavy atom. The summed E-state index contributed by atoms with van der Waals surface area (Å²) >= 11 is 0. The Labute approximate surface area is 208 Å². The normalized spacial score (nSPS) is 22.3. The van der Waals surface area contributed by atoms with Crippen LogP contribution in [0.5, 0.6) is 0 Å². The summed E-state index contributed by atoms with van der Waals surface area (Å²) in [6.45, 7) is 12.1. The molecule has 4 heterocycles. The van der Waals surface area contributed by atoms with E-state index in [1.807, 2.05) is 19.1 Å². The topological polar surface area (TPSA) is 61.0 Å². The summed E-state index contributed by atoms with van der Waals surface area (Å²) in [5, 5.41) is 3.34. The number of rotatable bonds is 5. The van der Waals surface area contributed by atoms with Crippen LogP contribution in [0.1, 0.15) is 49.9 Å². The summed E-state index contributed by atoms with van der Waals surface area (Å²) in [5.41, 5.74) is 2.61. The molecule has 8 heteroatoms. The second-order valence-corrected chi connectivity index (χ2v) is 10.2. The predicted molar refractivity (Wildman–Crippen MR) is 140 cm³/mol. The molecule has 7 nitrogen and oxygen atoms in total. The van der Waals surface area contributed by atoms with Crippen LogP contribution in [-0.4, -0.2) is 77.5 Å². The van der Waals surface area contributed by atoms with Gasteiger partial charge in [0.25, 0.3) is 0 Å². The first-order valence-corrected chi connectivity index (χ1v) is 13.2. The molecule has 35 heavy (non-hydrogen) atoms. The van der Waals surface area contributed by atoms with Gasteiger partial charge >= 0.3 is 0 Å². The lowest BCUT2D eigenvalue weighted by Crippen LogP contribution is -2.42. The van der Waals surface area contributed by atoms with E-state index < -0.39 is 0 Å². The number of nitrogens with one attached hydrogen (secondary N) is 1. The Bertz CT molecular complexity index is 1060. The molecule has 0 spiro atoms. The molecular formula is C27H38FN7. The van der Waals surface area contributed by atoms with E-state index in [1.54, 1.807) is 12.4 Å². The molecule has 0 amide bonds. The van der Waals surface area contributed by atoms with Crippen LogP contribution in [0.25, 0.3) is 11.3 Å². The standard InChI is InChI=1S/C27H38FN7/c1-20-6-9-29-18-30-19-31-26(20)34-12-7-22(8-13-34)27-32-25(23-4-5-24(28)21(2)16-23)17-35(27)15-14-33-10-3-11-33/h4-5,16-17,19-20,22,29H,3,6-15,18H2,1-2H3. The number of likely N-dealkylation sites (tertiary alicyclic amines) is 2. The van der Waals surface area contributed by atoms with Gasteiger partial charge in [0.2, 0.25) is 0 Å². The van der Waals surface area contributed by atoms with Gasteiger partial charge in [0.05, 0.1) is 12.4 Å². The molecule has 1 N–H and O–H groups in total. The van der Waals surface area contributed by atoms with Crippen molar-refractivity contribution in [3.05, 3.63) is 41.6 Å². The number of benzene rings is 1. The summed E-state index contributed by atoms with van der Waals surface area (Å²) in [5.74, 6) is 3.01. The summed E-state index contributed by atoms with van der Waals surface area (Å²) < 4.78 is 16.2. The quantitative estimate of drug-likeness (QED) is 0.707. The van der Waals surface area contributed by atoms with Gasteiger partial charge < -0.3 is 14.4 Å². The zero-order chi connectivity index (χ0) is 24.2. The van der Waals surface area contributed by atoms with E-state index in [9.17, 15) is 4.39 Å². The molecule has 0 saturated carbocycles. The van der Waals surface area contributed by atoms with Crippen LogP contribution in [0.4, 0.5) is 4.39 Å². The second kappa shape index (κ2) is 11.0. The number of piperidine rings is 1. The summed E-state index contributed by atoms with van der Waals surface area (Å²) in [6.07, 6.45) is 8.40. The molecular weight excluding hydrogens is 441 g/mol. The molecule has 0 bridgehead atoms. The minimum Gasteiger partial charge on any atom is -0.360 e. The number of aryl methyl sites for hydroxylation is 1. The Morgan fingerprint density at radius 1 is 1.09 bits per heavy atom. The van der Waals surface area contributed by atoms with Crippen LogP contribution < -0.4 is 5.32 Å². The van der Waals surface area contributed by atoms with Crippen LogP contribution in [-0.2, 0) is 6.54 Å². The molecule has 3 aliphatic heterocycles. The first kappa shape index (κ1) is 24.1. The van der Waals surface area contributed by atoms with Gasteiger partial charge in [-0.3, -0.25) is 10.3 Å². The Morgan fingerprint density at radius 3 is 2.66 bits per heavy atom. The van der Waals surface area contributed by atoms with Crippen LogP contribution in [0.2, 0.25) is 0 Å². The van der Waals surface area contributed by atoms with E-state index in [1.165, 1.54) is 31.2 Å². The zero-order valence-electron chi connectivity index (χ0n) is 21.1. The number of amidine groups is 1. The highest BCUT2D eigenvalue weighted by molar-refractivity contribution is 5.90. The third-order valence-electron chi connectivity index (χ3n) is 7.72. The number of hydrogen-bond acceptors (Lipinski definition) is 6. The van der Waals surface area contributed by atoms with E-state index in [4.69, 9.17) is 9.98 Å². The van der Waals surface area contributed by atoms with Crippen molar-refractivity contribution in [2.45, 2.75) is 52.0 Å². The smallest absolute Gasteiger partial charge is 0.126 e. The minimum absolute atomic E-state index is 0.165. The van der Waals surface area contributed by atoms with Crippen molar-refractivity contribution in [2.24, 2.45) is 15.9 Å². The van der Waals surface area contributed by atoms with Gasteiger partial charge in [-0.2, -0.15) is 0 Å². The molecule has 1 atom stereocenters. The predicted octanol–water partition coefficient (Wildman–Crippen LogP) is 3.90. The average Bonchev–Trinajstić information content (AvgIpc) is 3.29. The average molecular weight is 480 g/mol. The molecule has 188 valence electrons. The molecule has 1 aromatic carbocycles. The molecule has 2 aromatic rings. The van der Waals surface area contributed by atoms with E-state index in [2.05, 4.69) is 37.8 Å². The highest BCUT2D eigenvalue weighted by Crippen LogP contribution is 2.31. The summed E-state index contributed by atoms with van der Waals surface area (Å²) in [4.78, 5) is 19.2. The third-order valence-corrected chi connectivity index (χ3v) is 7.72. The molecule has 3 aliphatic rings. The van der Waals surface area contributed by atoms with E-state index in [0.717, 1.165) is 63.2 Å². The molecule has 1 aromatic heterocycles. The highest BCUT2D eigenvalue weighted by Gasteiger charge is 2.28. The van der Waals surface area contributed by atoms with Crippen LogP contribution in [0.15, 0.2) is 34.4 Å². The van der Waals surface area contributed by atoms with Crippen molar-refractivity contribution >= 4 is 12.2 Å². The fourth-order valence-electron chi connectivity index (χ4n) is 5.35. The Balaban J connectivity index is 1.33. The molecule has 2 saturated heterocycles. The first-order valence-electron chi connectivity index (χ1n) is 13.2. The lowest BCUT2D eigenvalue weighted by Gasteiger charge is -2.36. The van der Waals surface area contributed by atoms with E-state index in [-0.39, 0.29) is 5.82 Å². The van der Waals surface area contributed by atoms with Gasteiger partial charge in [0, 0.05) is 49.8 Å². The summed E-state index contributed by atoms with van der Waals surface area (Å²) in [6, 6.07) is 5.32. The van der Waals surface area contributed by atoms with E-state index in [0.29, 0.717) is 24.1 Å². The van der Waals surface area contributed by atoms with Crippen molar-refractivity contribution in [3.63, 3.8) is 0 Å². The van der Waals surface area contributed by atoms with Crippen molar-refractivity contribution in [1.29, 1.82) is 0 Å². The summed E-state index contributed by atoms with van der Waals surface area (Å²) in [7, 11) is 0. The number of aromatic nitrogens is 2. The van der Waals surface area contributed by atoms with Crippen LogP contribution >= 0.6 is 0 Å².